The number of imide groups is 1. The van der Waals surface area contributed by atoms with Gasteiger partial charge in [-0.3, -0.25) is 33.7 Å². The van der Waals surface area contributed by atoms with Gasteiger partial charge in [0.15, 0.2) is 0 Å². The van der Waals surface area contributed by atoms with Crippen molar-refractivity contribution in [3.8, 4) is 0 Å². The fourth-order valence-electron chi connectivity index (χ4n) is 4.96. The van der Waals surface area contributed by atoms with Crippen LogP contribution in [0.25, 0.3) is 0 Å². The molecule has 7 amide bonds. The first-order valence-corrected chi connectivity index (χ1v) is 15.5. The van der Waals surface area contributed by atoms with Crippen molar-refractivity contribution in [2.24, 2.45) is 11.7 Å². The summed E-state index contributed by atoms with van der Waals surface area (Å²) >= 11 is 0. The van der Waals surface area contributed by atoms with E-state index in [-0.39, 0.29) is 69.5 Å². The number of nitrogens with zero attached hydrogens (tertiary/aromatic N) is 1. The quantitative estimate of drug-likeness (QED) is 0.0962. The smallest absolute Gasteiger partial charge is 0.312 e. The maximum absolute atomic E-state index is 13.6. The first-order chi connectivity index (χ1) is 22.4. The lowest BCUT2D eigenvalue weighted by atomic mass is 10.0. The first kappa shape index (κ1) is 36.2. The molecule has 2 aromatic rings. The van der Waals surface area contributed by atoms with E-state index in [0.29, 0.717) is 17.7 Å². The summed E-state index contributed by atoms with van der Waals surface area (Å²) in [5.41, 5.74) is 7.08. The molecule has 0 aliphatic carbocycles. The van der Waals surface area contributed by atoms with Crippen LogP contribution in [0.3, 0.4) is 0 Å². The predicted molar refractivity (Wildman–Crippen MR) is 171 cm³/mol. The van der Waals surface area contributed by atoms with Gasteiger partial charge in [0.25, 0.3) is 0 Å². The zero-order chi connectivity index (χ0) is 34.3. The van der Waals surface area contributed by atoms with E-state index >= 15 is 0 Å². The fourth-order valence-corrected chi connectivity index (χ4v) is 4.96. The number of esters is 1. The Bertz CT molecular complexity index is 1430. The Hall–Kier alpha value is -5.27. The number of benzene rings is 2. The summed E-state index contributed by atoms with van der Waals surface area (Å²) in [4.78, 5) is 87.6. The highest BCUT2D eigenvalue weighted by Crippen LogP contribution is 2.19. The molecule has 3 atom stereocenters. The molecule has 0 radical (unpaired) electrons. The normalized spacial score (nSPS) is 15.4. The molecule has 1 fully saturated rings. The lowest BCUT2D eigenvalue weighted by Crippen LogP contribution is -2.53. The number of primary amides is 1. The van der Waals surface area contributed by atoms with Crippen LogP contribution in [0.15, 0.2) is 54.6 Å². The second-order valence-electron chi connectivity index (χ2n) is 11.4. The molecule has 3 rings (SSSR count). The molecule has 0 spiro atoms. The number of nitrogens with two attached hydrogens (primary N) is 1. The summed E-state index contributed by atoms with van der Waals surface area (Å²) in [6.45, 7) is 3.35. The molecule has 252 valence electrons. The lowest BCUT2D eigenvalue weighted by molar-refractivity contribution is -0.142. The van der Waals surface area contributed by atoms with Crippen LogP contribution >= 0.6 is 0 Å². The number of hydrogen-bond acceptors (Lipinski definition) is 8. The van der Waals surface area contributed by atoms with Crippen molar-refractivity contribution < 1.29 is 38.3 Å². The molecule has 1 saturated heterocycles. The third-order valence-corrected chi connectivity index (χ3v) is 7.45. The Balaban J connectivity index is 1.68. The SMILES string of the molecule is CC(=O)OCc1ccc(NC(=O)[C@H](CCCNC(N)=O)NC(=O)[C@H](Cc2ccccc2)NC(=O)CCCN2C(=O)CC(C)C2=O)cc1. The summed E-state index contributed by atoms with van der Waals surface area (Å²) in [6, 6.07) is 12.9. The minimum absolute atomic E-state index is 0.0276. The van der Waals surface area contributed by atoms with Crippen molar-refractivity contribution in [2.75, 3.05) is 18.4 Å². The number of rotatable bonds is 17. The summed E-state index contributed by atoms with van der Waals surface area (Å²) in [5, 5.41) is 10.7. The standard InChI is InChI=1S/C33H42N6O8/c1-21-18-29(42)39(32(21)45)17-7-11-28(41)37-27(19-23-8-4-3-5-9-23)31(44)38-26(10-6-16-35-33(34)46)30(43)36-25-14-12-24(13-15-25)20-47-22(2)40/h3-5,8-9,12-15,21,26-27H,6-7,10-11,16-20H2,1-2H3,(H,36,43)(H,37,41)(H,38,44)(H3,34,35,46)/t21?,26-,27-/m0/s1. The molecule has 6 N–H and O–H groups in total. The molecule has 1 aliphatic rings. The number of carbonyl (C=O) groups excluding carboxylic acids is 7. The number of ether oxygens (including phenoxy) is 1. The topological polar surface area (TPSA) is 206 Å². The predicted octanol–water partition coefficient (Wildman–Crippen LogP) is 1.52. The van der Waals surface area contributed by atoms with Gasteiger partial charge in [-0.15, -0.1) is 0 Å². The Morgan fingerprint density at radius 3 is 2.23 bits per heavy atom. The van der Waals surface area contributed by atoms with Crippen molar-refractivity contribution in [3.05, 3.63) is 65.7 Å². The number of amides is 7. The number of nitrogens with one attached hydrogen (secondary N) is 4. The second kappa shape index (κ2) is 18.0. The third-order valence-electron chi connectivity index (χ3n) is 7.45. The van der Waals surface area contributed by atoms with Crippen molar-refractivity contribution >= 4 is 47.2 Å². The molecule has 14 nitrogen and oxygen atoms in total. The molecule has 1 unspecified atom stereocenters. The number of likely N-dealkylation sites (tertiary alicyclic amines) is 1. The van der Waals surface area contributed by atoms with E-state index < -0.39 is 41.8 Å². The van der Waals surface area contributed by atoms with E-state index in [4.69, 9.17) is 10.5 Å². The van der Waals surface area contributed by atoms with E-state index in [1.54, 1.807) is 43.3 Å². The van der Waals surface area contributed by atoms with Gasteiger partial charge >= 0.3 is 12.0 Å². The molecular weight excluding hydrogens is 608 g/mol. The van der Waals surface area contributed by atoms with Crippen molar-refractivity contribution in [2.45, 2.75) is 71.1 Å². The van der Waals surface area contributed by atoms with Crippen LogP contribution < -0.4 is 27.0 Å². The minimum Gasteiger partial charge on any atom is -0.461 e. The van der Waals surface area contributed by atoms with Gasteiger partial charge in [-0.2, -0.15) is 0 Å². The molecule has 1 heterocycles. The maximum atomic E-state index is 13.6. The first-order valence-electron chi connectivity index (χ1n) is 15.5. The van der Waals surface area contributed by atoms with Crippen molar-refractivity contribution in [3.63, 3.8) is 0 Å². The minimum atomic E-state index is -1.04. The number of anilines is 1. The van der Waals surface area contributed by atoms with Gasteiger partial charge in [0, 0.05) is 50.9 Å². The zero-order valence-electron chi connectivity index (χ0n) is 26.6. The van der Waals surface area contributed by atoms with Crippen LogP contribution in [0.1, 0.15) is 57.1 Å². The highest BCUT2D eigenvalue weighted by Gasteiger charge is 2.35. The van der Waals surface area contributed by atoms with E-state index in [9.17, 15) is 33.6 Å². The lowest BCUT2D eigenvalue weighted by Gasteiger charge is -2.24. The fraction of sp³-hybridized carbons (Fsp3) is 0.424. The van der Waals surface area contributed by atoms with Gasteiger partial charge < -0.3 is 31.7 Å². The Morgan fingerprint density at radius 2 is 1.62 bits per heavy atom. The van der Waals surface area contributed by atoms with Crippen LogP contribution in [0.2, 0.25) is 0 Å². The average molecular weight is 651 g/mol. The van der Waals surface area contributed by atoms with Gasteiger partial charge in [0.2, 0.25) is 29.5 Å². The largest absolute Gasteiger partial charge is 0.461 e. The molecule has 1 aliphatic heterocycles. The average Bonchev–Trinajstić information content (AvgIpc) is 3.27. The van der Waals surface area contributed by atoms with E-state index in [1.807, 2.05) is 18.2 Å². The molecule has 0 aromatic heterocycles. The Kier molecular flexibility index (Phi) is 13.9. The summed E-state index contributed by atoms with van der Waals surface area (Å²) in [5.74, 6) is -2.89. The van der Waals surface area contributed by atoms with Gasteiger partial charge in [-0.25, -0.2) is 4.79 Å². The third kappa shape index (κ3) is 12.2. The van der Waals surface area contributed by atoms with Gasteiger partial charge in [-0.05, 0) is 42.5 Å². The van der Waals surface area contributed by atoms with Crippen LogP contribution in [-0.4, -0.2) is 71.6 Å². The molecule has 2 aromatic carbocycles. The molecule has 14 heteroatoms. The van der Waals surface area contributed by atoms with Gasteiger partial charge in [-0.1, -0.05) is 49.4 Å². The van der Waals surface area contributed by atoms with Gasteiger partial charge in [0.1, 0.15) is 18.7 Å². The molecule has 0 bridgehead atoms. The summed E-state index contributed by atoms with van der Waals surface area (Å²) < 4.78 is 4.98. The van der Waals surface area contributed by atoms with Crippen LogP contribution in [0.5, 0.6) is 0 Å². The molecule has 47 heavy (non-hydrogen) atoms. The van der Waals surface area contributed by atoms with Gasteiger partial charge in [0.05, 0.1) is 0 Å². The summed E-state index contributed by atoms with van der Waals surface area (Å²) in [6.07, 6.45) is 0.947. The van der Waals surface area contributed by atoms with Crippen molar-refractivity contribution in [1.29, 1.82) is 0 Å². The number of urea groups is 1. The van der Waals surface area contributed by atoms with E-state index in [1.165, 1.54) is 6.92 Å². The summed E-state index contributed by atoms with van der Waals surface area (Å²) in [7, 11) is 0. The van der Waals surface area contributed by atoms with Crippen LogP contribution in [0.4, 0.5) is 10.5 Å². The Morgan fingerprint density at radius 1 is 0.915 bits per heavy atom. The van der Waals surface area contributed by atoms with Crippen molar-refractivity contribution in [1.82, 2.24) is 20.9 Å². The highest BCUT2D eigenvalue weighted by molar-refractivity contribution is 6.03. The number of hydrogen-bond donors (Lipinski definition) is 5. The zero-order valence-corrected chi connectivity index (χ0v) is 26.6. The Labute approximate surface area is 273 Å². The maximum Gasteiger partial charge on any atom is 0.312 e. The monoisotopic (exact) mass is 650 g/mol. The molecule has 0 saturated carbocycles. The van der Waals surface area contributed by atoms with Crippen LogP contribution in [-0.2, 0) is 46.5 Å². The highest BCUT2D eigenvalue weighted by atomic mass is 16.5. The number of carbonyl (C=O) groups is 7. The second-order valence-corrected chi connectivity index (χ2v) is 11.4. The molecular formula is C33H42N6O8. The van der Waals surface area contributed by atoms with E-state index in [2.05, 4.69) is 21.3 Å². The van der Waals surface area contributed by atoms with Crippen LogP contribution in [0, 0.1) is 5.92 Å². The van der Waals surface area contributed by atoms with E-state index in [0.717, 1.165) is 10.5 Å².